The Morgan fingerprint density at radius 1 is 1.28 bits per heavy atom. The van der Waals surface area contributed by atoms with Crippen LogP contribution in [0.5, 0.6) is 0 Å². The average molecular weight is 361 g/mol. The van der Waals surface area contributed by atoms with Gasteiger partial charge in [0, 0.05) is 17.3 Å². The predicted molar refractivity (Wildman–Crippen MR) is 96.9 cm³/mol. The van der Waals surface area contributed by atoms with Gasteiger partial charge in [-0.2, -0.15) is 0 Å². The van der Waals surface area contributed by atoms with Crippen LogP contribution in [0.15, 0.2) is 41.0 Å². The van der Waals surface area contributed by atoms with Gasteiger partial charge in [0.25, 0.3) is 5.91 Å². The Labute approximate surface area is 151 Å². The molecule has 0 aliphatic carbocycles. The molecule has 1 N–H and O–H groups in total. The quantitative estimate of drug-likeness (QED) is 0.904. The summed E-state index contributed by atoms with van der Waals surface area (Å²) in [7, 11) is 0. The van der Waals surface area contributed by atoms with Gasteiger partial charge in [0.1, 0.15) is 6.04 Å². The number of hydrogen-bond donors (Lipinski definition) is 1. The third-order valence-corrected chi connectivity index (χ3v) is 4.63. The van der Waals surface area contributed by atoms with Crippen LogP contribution < -0.4 is 10.2 Å². The van der Waals surface area contributed by atoms with Gasteiger partial charge in [0.15, 0.2) is 5.76 Å². The molecule has 0 radical (unpaired) electrons. The Hall–Kier alpha value is -2.27. The Morgan fingerprint density at radius 2 is 2.08 bits per heavy atom. The van der Waals surface area contributed by atoms with E-state index in [1.807, 2.05) is 26.0 Å². The third-order valence-electron chi connectivity index (χ3n) is 4.39. The van der Waals surface area contributed by atoms with Gasteiger partial charge in [0.05, 0.1) is 6.26 Å². The van der Waals surface area contributed by atoms with Gasteiger partial charge in [-0.1, -0.05) is 25.4 Å². The van der Waals surface area contributed by atoms with Gasteiger partial charge < -0.3 is 14.6 Å². The van der Waals surface area contributed by atoms with Crippen molar-refractivity contribution in [2.24, 2.45) is 5.92 Å². The molecule has 2 amide bonds. The van der Waals surface area contributed by atoms with Crippen LogP contribution >= 0.6 is 11.6 Å². The number of benzene rings is 1. The maximum atomic E-state index is 13.1. The summed E-state index contributed by atoms with van der Waals surface area (Å²) >= 11 is 6.07. The number of nitrogens with zero attached hydrogens (tertiary/aromatic N) is 1. The largest absolute Gasteiger partial charge is 0.459 e. The van der Waals surface area contributed by atoms with Crippen LogP contribution in [-0.4, -0.2) is 24.4 Å². The normalized spacial score (nSPS) is 15.0. The number of halogens is 1. The first-order valence-corrected chi connectivity index (χ1v) is 8.79. The predicted octanol–water partition coefficient (Wildman–Crippen LogP) is 3.67. The lowest BCUT2D eigenvalue weighted by Crippen LogP contribution is -2.52. The molecule has 5 nitrogen and oxygen atoms in total. The molecule has 1 aliphatic heterocycles. The number of amides is 2. The topological polar surface area (TPSA) is 62.6 Å². The summed E-state index contributed by atoms with van der Waals surface area (Å²) in [5.41, 5.74) is 1.94. The maximum Gasteiger partial charge on any atom is 0.287 e. The number of aryl methyl sites for hydroxylation is 1. The summed E-state index contributed by atoms with van der Waals surface area (Å²) < 4.78 is 5.12. The lowest BCUT2D eigenvalue weighted by Gasteiger charge is -2.33. The van der Waals surface area contributed by atoms with E-state index >= 15 is 0 Å². The minimum absolute atomic E-state index is 0.0518. The van der Waals surface area contributed by atoms with Crippen LogP contribution in [0.25, 0.3) is 0 Å². The molecular weight excluding hydrogens is 340 g/mol. The van der Waals surface area contributed by atoms with E-state index in [1.54, 1.807) is 23.1 Å². The van der Waals surface area contributed by atoms with Crippen LogP contribution in [0.3, 0.4) is 0 Å². The van der Waals surface area contributed by atoms with Crippen LogP contribution in [0, 0.1) is 5.92 Å². The number of rotatable bonds is 4. The first kappa shape index (κ1) is 17.5. The molecular formula is C19H21ClN2O3. The van der Waals surface area contributed by atoms with Gasteiger partial charge in [0.2, 0.25) is 5.91 Å². The van der Waals surface area contributed by atoms with E-state index in [4.69, 9.17) is 16.0 Å². The molecule has 0 spiro atoms. The van der Waals surface area contributed by atoms with E-state index in [-0.39, 0.29) is 23.5 Å². The first-order valence-electron chi connectivity index (χ1n) is 8.41. The molecule has 0 fully saturated rings. The second-order valence-corrected chi connectivity index (χ2v) is 6.98. The molecule has 2 heterocycles. The zero-order chi connectivity index (χ0) is 18.0. The molecule has 1 aromatic heterocycles. The van der Waals surface area contributed by atoms with Gasteiger partial charge in [-0.05, 0) is 54.7 Å². The Kier molecular flexibility index (Phi) is 5.13. The molecule has 25 heavy (non-hydrogen) atoms. The van der Waals surface area contributed by atoms with E-state index < -0.39 is 6.04 Å². The van der Waals surface area contributed by atoms with Crippen molar-refractivity contribution in [3.63, 3.8) is 0 Å². The molecule has 6 heteroatoms. The zero-order valence-corrected chi connectivity index (χ0v) is 15.0. The fourth-order valence-electron chi connectivity index (χ4n) is 3.10. The maximum absolute atomic E-state index is 13.1. The molecule has 1 atom stereocenters. The van der Waals surface area contributed by atoms with Crippen molar-refractivity contribution >= 4 is 29.1 Å². The van der Waals surface area contributed by atoms with E-state index in [9.17, 15) is 9.59 Å². The van der Waals surface area contributed by atoms with Crippen molar-refractivity contribution in [1.82, 2.24) is 5.32 Å². The SMILES string of the molecule is CC(C)C(NC(=O)c1ccco1)C(=O)N1CCCc2cc(Cl)ccc21. The van der Waals surface area contributed by atoms with Crippen LogP contribution in [-0.2, 0) is 11.2 Å². The standard InChI is InChI=1S/C19H21ClN2O3/c1-12(2)17(21-18(23)16-6-4-10-25-16)19(24)22-9-3-5-13-11-14(20)7-8-15(13)22/h4,6-8,10-12,17H,3,5,9H2,1-2H3,(H,21,23). The molecule has 1 aromatic carbocycles. The molecule has 0 bridgehead atoms. The monoisotopic (exact) mass is 360 g/mol. The van der Waals surface area contributed by atoms with Crippen molar-refractivity contribution in [3.05, 3.63) is 52.9 Å². The molecule has 2 aromatic rings. The molecule has 1 aliphatic rings. The Balaban J connectivity index is 1.83. The number of carbonyl (C=O) groups excluding carboxylic acids is 2. The highest BCUT2D eigenvalue weighted by atomic mass is 35.5. The lowest BCUT2D eigenvalue weighted by atomic mass is 9.97. The minimum atomic E-state index is -0.626. The molecule has 132 valence electrons. The minimum Gasteiger partial charge on any atom is -0.459 e. The summed E-state index contributed by atoms with van der Waals surface area (Å²) in [6.45, 7) is 4.46. The second-order valence-electron chi connectivity index (χ2n) is 6.54. The smallest absolute Gasteiger partial charge is 0.287 e. The molecule has 1 unspecified atom stereocenters. The van der Waals surface area contributed by atoms with Gasteiger partial charge in [-0.3, -0.25) is 9.59 Å². The van der Waals surface area contributed by atoms with Crippen molar-refractivity contribution in [3.8, 4) is 0 Å². The van der Waals surface area contributed by atoms with Crippen molar-refractivity contribution < 1.29 is 14.0 Å². The van der Waals surface area contributed by atoms with E-state index in [0.29, 0.717) is 11.6 Å². The highest BCUT2D eigenvalue weighted by molar-refractivity contribution is 6.30. The molecule has 0 saturated carbocycles. The summed E-state index contributed by atoms with van der Waals surface area (Å²) in [6, 6.07) is 8.17. The zero-order valence-electron chi connectivity index (χ0n) is 14.3. The summed E-state index contributed by atoms with van der Waals surface area (Å²) in [5.74, 6) is -0.350. The average Bonchev–Trinajstić information content (AvgIpc) is 3.12. The number of furan rings is 1. The van der Waals surface area contributed by atoms with Crippen molar-refractivity contribution in [2.75, 3.05) is 11.4 Å². The van der Waals surface area contributed by atoms with Crippen LogP contribution in [0.1, 0.15) is 36.4 Å². The summed E-state index contributed by atoms with van der Waals surface area (Å²) in [6.07, 6.45) is 3.20. The van der Waals surface area contributed by atoms with E-state index in [1.165, 1.54) is 6.26 Å². The van der Waals surface area contributed by atoms with Crippen LogP contribution in [0.4, 0.5) is 5.69 Å². The molecule has 3 rings (SSSR count). The number of hydrogen-bond acceptors (Lipinski definition) is 3. The Morgan fingerprint density at radius 3 is 2.76 bits per heavy atom. The highest BCUT2D eigenvalue weighted by Crippen LogP contribution is 2.30. The van der Waals surface area contributed by atoms with E-state index in [2.05, 4.69) is 5.32 Å². The summed E-state index contributed by atoms with van der Waals surface area (Å²) in [5, 5.41) is 3.47. The van der Waals surface area contributed by atoms with Gasteiger partial charge in [-0.15, -0.1) is 0 Å². The van der Waals surface area contributed by atoms with E-state index in [0.717, 1.165) is 24.1 Å². The van der Waals surface area contributed by atoms with Gasteiger partial charge >= 0.3 is 0 Å². The first-order chi connectivity index (χ1) is 12.0. The third kappa shape index (κ3) is 3.71. The van der Waals surface area contributed by atoms with Crippen molar-refractivity contribution in [2.45, 2.75) is 32.7 Å². The van der Waals surface area contributed by atoms with Crippen LogP contribution in [0.2, 0.25) is 5.02 Å². The second kappa shape index (κ2) is 7.31. The summed E-state index contributed by atoms with van der Waals surface area (Å²) in [4.78, 5) is 27.2. The number of anilines is 1. The number of nitrogens with one attached hydrogen (secondary N) is 1. The number of carbonyl (C=O) groups is 2. The number of fused-ring (bicyclic) bond motifs is 1. The highest BCUT2D eigenvalue weighted by Gasteiger charge is 2.32. The Bertz CT molecular complexity index is 771. The van der Waals surface area contributed by atoms with Gasteiger partial charge in [-0.25, -0.2) is 0 Å². The molecule has 0 saturated heterocycles. The van der Waals surface area contributed by atoms with Crippen molar-refractivity contribution in [1.29, 1.82) is 0 Å². The lowest BCUT2D eigenvalue weighted by molar-refractivity contribution is -0.121. The fraction of sp³-hybridized carbons (Fsp3) is 0.368. The fourth-order valence-corrected chi connectivity index (χ4v) is 3.29.